The number of aryl methyl sites for hydroxylation is 3. The maximum Gasteiger partial charge on any atom is 0.220 e. The fourth-order valence-corrected chi connectivity index (χ4v) is 3.41. The predicted molar refractivity (Wildman–Crippen MR) is 87.8 cm³/mol. The molecule has 4 nitrogen and oxygen atoms in total. The minimum absolute atomic E-state index is 0.0648. The van der Waals surface area contributed by atoms with E-state index >= 15 is 0 Å². The molecule has 1 amide bonds. The highest BCUT2D eigenvalue weighted by Crippen LogP contribution is 2.40. The second-order valence-electron chi connectivity index (χ2n) is 6.00. The van der Waals surface area contributed by atoms with E-state index in [4.69, 9.17) is 0 Å². The number of nitrogens with zero attached hydrogens (tertiary/aromatic N) is 2. The van der Waals surface area contributed by atoms with E-state index in [0.29, 0.717) is 12.3 Å². The van der Waals surface area contributed by atoms with Crippen LogP contribution in [0.25, 0.3) is 0 Å². The van der Waals surface area contributed by atoms with Crippen molar-refractivity contribution in [3.63, 3.8) is 0 Å². The first-order valence-electron chi connectivity index (χ1n) is 7.74. The molecule has 0 bridgehead atoms. The Morgan fingerprint density at radius 1 is 1.41 bits per heavy atom. The molecule has 5 heteroatoms. The van der Waals surface area contributed by atoms with Crippen LogP contribution >= 0.6 is 11.3 Å². The molecular weight excluding hydrogens is 294 g/mol. The average molecular weight is 315 g/mol. The Balaban J connectivity index is 1.61. The third kappa shape index (κ3) is 3.71. The van der Waals surface area contributed by atoms with Crippen molar-refractivity contribution in [2.24, 2.45) is 5.92 Å². The van der Waals surface area contributed by atoms with E-state index in [2.05, 4.69) is 28.3 Å². The number of hydrogen-bond acceptors (Lipinski definition) is 4. The standard InChI is InChI=1S/C17H21N3OS/c1-11-7-8-18-14(9-11)17(13-3-4-13)20-16(21)6-5-15-12(2)19-10-22-15/h7-10,13,17H,3-6H2,1-2H3,(H,20,21). The summed E-state index contributed by atoms with van der Waals surface area (Å²) in [4.78, 5) is 22.2. The molecule has 0 aromatic carbocycles. The maximum atomic E-state index is 12.3. The minimum Gasteiger partial charge on any atom is -0.347 e. The number of pyridine rings is 1. The molecule has 1 atom stereocenters. The highest BCUT2D eigenvalue weighted by molar-refractivity contribution is 7.09. The van der Waals surface area contributed by atoms with Crippen molar-refractivity contribution in [3.8, 4) is 0 Å². The van der Waals surface area contributed by atoms with Crippen molar-refractivity contribution in [3.05, 3.63) is 45.7 Å². The topological polar surface area (TPSA) is 54.9 Å². The number of rotatable bonds is 6. The number of carbonyl (C=O) groups is 1. The highest BCUT2D eigenvalue weighted by atomic mass is 32.1. The Morgan fingerprint density at radius 3 is 2.86 bits per heavy atom. The Morgan fingerprint density at radius 2 is 2.23 bits per heavy atom. The predicted octanol–water partition coefficient (Wildman–Crippen LogP) is 3.36. The van der Waals surface area contributed by atoms with Gasteiger partial charge in [-0.1, -0.05) is 0 Å². The van der Waals surface area contributed by atoms with E-state index in [9.17, 15) is 4.79 Å². The van der Waals surface area contributed by atoms with Gasteiger partial charge >= 0.3 is 0 Å². The molecule has 0 aliphatic heterocycles. The molecule has 2 aromatic rings. The second kappa shape index (κ2) is 6.57. The molecule has 116 valence electrons. The zero-order chi connectivity index (χ0) is 15.5. The molecule has 1 fully saturated rings. The van der Waals surface area contributed by atoms with Gasteiger partial charge in [-0.05, 0) is 56.7 Å². The van der Waals surface area contributed by atoms with E-state index in [1.807, 2.05) is 24.7 Å². The first-order valence-corrected chi connectivity index (χ1v) is 8.62. The summed E-state index contributed by atoms with van der Waals surface area (Å²) in [6.07, 6.45) is 5.45. The van der Waals surface area contributed by atoms with Crippen LogP contribution in [0.15, 0.2) is 23.8 Å². The largest absolute Gasteiger partial charge is 0.347 e. The fourth-order valence-electron chi connectivity index (χ4n) is 2.63. The molecular formula is C17H21N3OS. The molecule has 2 heterocycles. The number of hydrogen-bond donors (Lipinski definition) is 1. The third-order valence-corrected chi connectivity index (χ3v) is 5.08. The number of thiazole rings is 1. The molecule has 2 aromatic heterocycles. The lowest BCUT2D eigenvalue weighted by Crippen LogP contribution is -2.30. The SMILES string of the molecule is Cc1ccnc(C(NC(=O)CCc2scnc2C)C2CC2)c1. The summed E-state index contributed by atoms with van der Waals surface area (Å²) in [5.41, 5.74) is 5.05. The molecule has 1 saturated carbocycles. The van der Waals surface area contributed by atoms with Gasteiger partial charge in [0.05, 0.1) is 22.9 Å². The van der Waals surface area contributed by atoms with E-state index in [1.54, 1.807) is 11.3 Å². The van der Waals surface area contributed by atoms with Gasteiger partial charge in [0, 0.05) is 17.5 Å². The summed E-state index contributed by atoms with van der Waals surface area (Å²) in [6.45, 7) is 4.05. The lowest BCUT2D eigenvalue weighted by molar-refractivity contribution is -0.122. The van der Waals surface area contributed by atoms with Gasteiger partial charge in [0.2, 0.25) is 5.91 Å². The molecule has 1 N–H and O–H groups in total. The van der Waals surface area contributed by atoms with Gasteiger partial charge in [0.15, 0.2) is 0 Å². The first kappa shape index (κ1) is 15.2. The van der Waals surface area contributed by atoms with Crippen molar-refractivity contribution in [2.45, 2.75) is 45.6 Å². The van der Waals surface area contributed by atoms with E-state index in [-0.39, 0.29) is 11.9 Å². The van der Waals surface area contributed by atoms with Crippen LogP contribution in [0.3, 0.4) is 0 Å². The van der Waals surface area contributed by atoms with Crippen molar-refractivity contribution in [2.75, 3.05) is 0 Å². The highest BCUT2D eigenvalue weighted by Gasteiger charge is 2.34. The van der Waals surface area contributed by atoms with Gasteiger partial charge in [-0.2, -0.15) is 0 Å². The summed E-state index contributed by atoms with van der Waals surface area (Å²) in [5.74, 6) is 0.649. The summed E-state index contributed by atoms with van der Waals surface area (Å²) in [6, 6.07) is 4.13. The van der Waals surface area contributed by atoms with Crippen LogP contribution in [-0.4, -0.2) is 15.9 Å². The Labute approximate surface area is 135 Å². The second-order valence-corrected chi connectivity index (χ2v) is 6.94. The van der Waals surface area contributed by atoms with Crippen LogP contribution < -0.4 is 5.32 Å². The van der Waals surface area contributed by atoms with Crippen molar-refractivity contribution in [1.29, 1.82) is 0 Å². The zero-order valence-corrected chi connectivity index (χ0v) is 13.8. The van der Waals surface area contributed by atoms with Gasteiger partial charge < -0.3 is 5.32 Å². The van der Waals surface area contributed by atoms with E-state index < -0.39 is 0 Å². The average Bonchev–Trinajstić information content (AvgIpc) is 3.25. The maximum absolute atomic E-state index is 12.3. The van der Waals surface area contributed by atoms with Crippen LogP contribution in [0.4, 0.5) is 0 Å². The van der Waals surface area contributed by atoms with Crippen molar-refractivity contribution in [1.82, 2.24) is 15.3 Å². The smallest absolute Gasteiger partial charge is 0.220 e. The number of amides is 1. The van der Waals surface area contributed by atoms with Crippen LogP contribution in [0, 0.1) is 19.8 Å². The molecule has 0 saturated heterocycles. The lowest BCUT2D eigenvalue weighted by atomic mass is 10.1. The molecule has 22 heavy (non-hydrogen) atoms. The summed E-state index contributed by atoms with van der Waals surface area (Å²) in [5, 5.41) is 3.19. The van der Waals surface area contributed by atoms with Gasteiger partial charge in [-0.3, -0.25) is 9.78 Å². The third-order valence-electron chi connectivity index (χ3n) is 4.09. The van der Waals surface area contributed by atoms with E-state index in [1.165, 1.54) is 23.3 Å². The molecule has 0 radical (unpaired) electrons. The molecule has 1 unspecified atom stereocenters. The monoisotopic (exact) mass is 315 g/mol. The van der Waals surface area contributed by atoms with Crippen LogP contribution in [-0.2, 0) is 11.2 Å². The number of nitrogens with one attached hydrogen (secondary N) is 1. The summed E-state index contributed by atoms with van der Waals surface area (Å²) >= 11 is 1.62. The van der Waals surface area contributed by atoms with Gasteiger partial charge in [0.25, 0.3) is 0 Å². The normalized spacial score (nSPS) is 15.5. The molecule has 1 aliphatic carbocycles. The van der Waals surface area contributed by atoms with E-state index in [0.717, 1.165) is 17.8 Å². The summed E-state index contributed by atoms with van der Waals surface area (Å²) in [7, 11) is 0. The van der Waals surface area contributed by atoms with Crippen LogP contribution in [0.2, 0.25) is 0 Å². The quantitative estimate of drug-likeness (QED) is 0.889. The first-order chi connectivity index (χ1) is 10.6. The molecule has 1 aliphatic rings. The van der Waals surface area contributed by atoms with Gasteiger partial charge in [0.1, 0.15) is 0 Å². The Hall–Kier alpha value is -1.75. The Kier molecular flexibility index (Phi) is 4.52. The fraction of sp³-hybridized carbons (Fsp3) is 0.471. The Bertz CT molecular complexity index is 663. The zero-order valence-electron chi connectivity index (χ0n) is 13.0. The number of aromatic nitrogens is 2. The lowest BCUT2D eigenvalue weighted by Gasteiger charge is -2.18. The minimum atomic E-state index is 0.0648. The van der Waals surface area contributed by atoms with Crippen molar-refractivity contribution < 1.29 is 4.79 Å². The summed E-state index contributed by atoms with van der Waals surface area (Å²) < 4.78 is 0. The number of carbonyl (C=O) groups excluding carboxylic acids is 1. The van der Waals surface area contributed by atoms with Crippen molar-refractivity contribution >= 4 is 17.2 Å². The van der Waals surface area contributed by atoms with Gasteiger partial charge in [-0.25, -0.2) is 4.98 Å². The van der Waals surface area contributed by atoms with Crippen LogP contribution in [0.5, 0.6) is 0 Å². The molecule has 0 spiro atoms. The van der Waals surface area contributed by atoms with Gasteiger partial charge in [-0.15, -0.1) is 11.3 Å². The van der Waals surface area contributed by atoms with Crippen LogP contribution in [0.1, 0.15) is 47.1 Å². The molecule has 3 rings (SSSR count).